The average molecular weight is 364 g/mol. The number of benzene rings is 2. The molecular weight excluding hydrogens is 343 g/mol. The number of H-pyrrole nitrogens is 1. The van der Waals surface area contributed by atoms with E-state index in [1.807, 2.05) is 18.2 Å². The van der Waals surface area contributed by atoms with Gasteiger partial charge < -0.3 is 10.7 Å². The van der Waals surface area contributed by atoms with Gasteiger partial charge in [-0.1, -0.05) is 12.1 Å². The van der Waals surface area contributed by atoms with Crippen LogP contribution in [0, 0.1) is 12.7 Å². The maximum atomic E-state index is 13.8. The molecule has 0 atom stereocenters. The minimum Gasteiger partial charge on any atom is -0.399 e. The van der Waals surface area contributed by atoms with Crippen LogP contribution in [0.5, 0.6) is 0 Å². The Morgan fingerprint density at radius 3 is 2.78 bits per heavy atom. The van der Waals surface area contributed by atoms with Gasteiger partial charge in [0.05, 0.1) is 11.3 Å². The molecule has 3 aromatic rings. The number of nitrogen functional groups attached to an aromatic ring is 1. The van der Waals surface area contributed by atoms with E-state index in [0.717, 1.165) is 23.4 Å². The van der Waals surface area contributed by atoms with Gasteiger partial charge in [0.2, 0.25) is 0 Å². The van der Waals surface area contributed by atoms with Gasteiger partial charge in [0.15, 0.2) is 0 Å². The highest BCUT2D eigenvalue weighted by atomic mass is 19.1. The van der Waals surface area contributed by atoms with E-state index >= 15 is 0 Å². The Balaban J connectivity index is 1.59. The SMILES string of the molecule is Cc1c(F)cccc1CN1CCc2nc(-c3ccc(N)cc3)[nH]c(=O)c2C1. The Kier molecular flexibility index (Phi) is 4.49. The van der Waals surface area contributed by atoms with Crippen molar-refractivity contribution in [3.8, 4) is 11.4 Å². The van der Waals surface area contributed by atoms with Crippen molar-refractivity contribution in [1.29, 1.82) is 0 Å². The van der Waals surface area contributed by atoms with E-state index in [0.29, 0.717) is 42.1 Å². The topological polar surface area (TPSA) is 75.0 Å². The standard InChI is InChI=1S/C21H21FN4O/c1-13-15(3-2-4-18(13)22)11-26-10-9-19-17(12-26)21(27)25-20(24-19)14-5-7-16(23)8-6-14/h2-8H,9-12,23H2,1H3,(H,24,25,27). The third kappa shape index (κ3) is 3.48. The normalized spacial score (nSPS) is 14.1. The lowest BCUT2D eigenvalue weighted by Crippen LogP contribution is -2.35. The summed E-state index contributed by atoms with van der Waals surface area (Å²) in [6.45, 7) is 3.69. The summed E-state index contributed by atoms with van der Waals surface area (Å²) in [5.41, 5.74) is 10.2. The van der Waals surface area contributed by atoms with E-state index in [4.69, 9.17) is 5.73 Å². The van der Waals surface area contributed by atoms with Crippen LogP contribution < -0.4 is 11.3 Å². The van der Waals surface area contributed by atoms with Crippen LogP contribution in [0.25, 0.3) is 11.4 Å². The number of aromatic amines is 1. The van der Waals surface area contributed by atoms with Gasteiger partial charge in [0.1, 0.15) is 11.6 Å². The molecule has 5 nitrogen and oxygen atoms in total. The fourth-order valence-corrected chi connectivity index (χ4v) is 3.46. The van der Waals surface area contributed by atoms with Crippen molar-refractivity contribution in [3.05, 3.63) is 81.0 Å². The largest absolute Gasteiger partial charge is 0.399 e. The summed E-state index contributed by atoms with van der Waals surface area (Å²) in [5.74, 6) is 0.366. The summed E-state index contributed by atoms with van der Waals surface area (Å²) in [7, 11) is 0. The van der Waals surface area contributed by atoms with Crippen LogP contribution in [0.4, 0.5) is 10.1 Å². The Hall–Kier alpha value is -2.99. The van der Waals surface area contributed by atoms with Crippen molar-refractivity contribution >= 4 is 5.69 Å². The summed E-state index contributed by atoms with van der Waals surface area (Å²) >= 11 is 0. The molecule has 1 aromatic heterocycles. The van der Waals surface area contributed by atoms with Crippen molar-refractivity contribution < 1.29 is 4.39 Å². The first-order chi connectivity index (χ1) is 13.0. The van der Waals surface area contributed by atoms with Crippen LogP contribution >= 0.6 is 0 Å². The van der Waals surface area contributed by atoms with Gasteiger partial charge in [-0.3, -0.25) is 9.69 Å². The molecule has 1 aliphatic rings. The number of anilines is 1. The minimum atomic E-state index is -0.197. The summed E-state index contributed by atoms with van der Waals surface area (Å²) in [6, 6.07) is 12.4. The number of nitrogens with two attached hydrogens (primary N) is 1. The quantitative estimate of drug-likeness (QED) is 0.701. The van der Waals surface area contributed by atoms with E-state index in [1.165, 1.54) is 6.07 Å². The fraction of sp³-hybridized carbons (Fsp3) is 0.238. The van der Waals surface area contributed by atoms with Crippen molar-refractivity contribution in [2.24, 2.45) is 0 Å². The lowest BCUT2D eigenvalue weighted by atomic mass is 10.0. The summed E-state index contributed by atoms with van der Waals surface area (Å²) in [5, 5.41) is 0. The average Bonchev–Trinajstić information content (AvgIpc) is 2.66. The molecule has 3 N–H and O–H groups in total. The zero-order valence-electron chi connectivity index (χ0n) is 15.1. The molecule has 2 aromatic carbocycles. The maximum Gasteiger partial charge on any atom is 0.255 e. The van der Waals surface area contributed by atoms with Crippen molar-refractivity contribution in [1.82, 2.24) is 14.9 Å². The maximum absolute atomic E-state index is 13.8. The zero-order valence-corrected chi connectivity index (χ0v) is 15.1. The molecular formula is C21H21FN4O. The Morgan fingerprint density at radius 2 is 2.00 bits per heavy atom. The van der Waals surface area contributed by atoms with Crippen LogP contribution in [0.2, 0.25) is 0 Å². The monoisotopic (exact) mass is 364 g/mol. The van der Waals surface area contributed by atoms with Crippen molar-refractivity contribution in [2.75, 3.05) is 12.3 Å². The van der Waals surface area contributed by atoms with Crippen molar-refractivity contribution in [3.63, 3.8) is 0 Å². The third-order valence-corrected chi connectivity index (χ3v) is 5.11. The first-order valence-corrected chi connectivity index (χ1v) is 8.95. The van der Waals surface area contributed by atoms with Crippen LogP contribution in [-0.4, -0.2) is 21.4 Å². The third-order valence-electron chi connectivity index (χ3n) is 5.11. The first-order valence-electron chi connectivity index (χ1n) is 8.95. The molecule has 0 fully saturated rings. The molecule has 0 radical (unpaired) electrons. The molecule has 0 aliphatic carbocycles. The summed E-state index contributed by atoms with van der Waals surface area (Å²) in [6.07, 6.45) is 0.690. The van der Waals surface area contributed by atoms with Gasteiger partial charge >= 0.3 is 0 Å². The number of hydrogen-bond acceptors (Lipinski definition) is 4. The lowest BCUT2D eigenvalue weighted by molar-refractivity contribution is 0.241. The highest BCUT2D eigenvalue weighted by molar-refractivity contribution is 5.58. The highest BCUT2D eigenvalue weighted by Crippen LogP contribution is 2.22. The zero-order chi connectivity index (χ0) is 19.0. The first kappa shape index (κ1) is 17.4. The Bertz CT molecular complexity index is 1040. The van der Waals surface area contributed by atoms with E-state index in [1.54, 1.807) is 25.1 Å². The number of hydrogen-bond donors (Lipinski definition) is 2. The number of fused-ring (bicyclic) bond motifs is 1. The molecule has 0 saturated heterocycles. The predicted octanol–water partition coefficient (Wildman–Crippen LogP) is 3.02. The molecule has 6 heteroatoms. The van der Waals surface area contributed by atoms with Crippen LogP contribution in [0.1, 0.15) is 22.4 Å². The van der Waals surface area contributed by atoms with Gasteiger partial charge in [-0.2, -0.15) is 0 Å². The number of aromatic nitrogens is 2. The number of halogens is 1. The molecule has 27 heavy (non-hydrogen) atoms. The second kappa shape index (κ2) is 6.96. The second-order valence-electron chi connectivity index (χ2n) is 6.95. The van der Waals surface area contributed by atoms with E-state index in [-0.39, 0.29) is 11.4 Å². The van der Waals surface area contributed by atoms with Gasteiger partial charge in [-0.15, -0.1) is 0 Å². The predicted molar refractivity (Wildman–Crippen MR) is 104 cm³/mol. The molecule has 138 valence electrons. The lowest BCUT2D eigenvalue weighted by Gasteiger charge is -2.28. The van der Waals surface area contributed by atoms with Crippen LogP contribution in [-0.2, 0) is 19.5 Å². The van der Waals surface area contributed by atoms with Gasteiger partial charge in [0, 0.05) is 37.3 Å². The Morgan fingerprint density at radius 1 is 1.22 bits per heavy atom. The van der Waals surface area contributed by atoms with Gasteiger partial charge in [-0.25, -0.2) is 9.37 Å². The molecule has 0 bridgehead atoms. The smallest absolute Gasteiger partial charge is 0.255 e. The van der Waals surface area contributed by atoms with E-state index in [2.05, 4.69) is 14.9 Å². The molecule has 4 rings (SSSR count). The number of rotatable bonds is 3. The molecule has 0 spiro atoms. The van der Waals surface area contributed by atoms with E-state index in [9.17, 15) is 9.18 Å². The molecule has 2 heterocycles. The van der Waals surface area contributed by atoms with Crippen LogP contribution in [0.3, 0.4) is 0 Å². The second-order valence-corrected chi connectivity index (χ2v) is 6.95. The molecule has 0 unspecified atom stereocenters. The number of nitrogens with one attached hydrogen (secondary N) is 1. The fourth-order valence-electron chi connectivity index (χ4n) is 3.46. The highest BCUT2D eigenvalue weighted by Gasteiger charge is 2.22. The number of nitrogens with zero attached hydrogens (tertiary/aromatic N) is 2. The van der Waals surface area contributed by atoms with Gasteiger partial charge in [-0.05, 0) is 48.4 Å². The Labute approximate surface area is 156 Å². The van der Waals surface area contributed by atoms with Crippen molar-refractivity contribution in [2.45, 2.75) is 26.4 Å². The van der Waals surface area contributed by atoms with Crippen LogP contribution in [0.15, 0.2) is 47.3 Å². The minimum absolute atomic E-state index is 0.118. The van der Waals surface area contributed by atoms with E-state index < -0.39 is 0 Å². The molecule has 1 aliphatic heterocycles. The summed E-state index contributed by atoms with van der Waals surface area (Å²) in [4.78, 5) is 22.3. The van der Waals surface area contributed by atoms with Gasteiger partial charge in [0.25, 0.3) is 5.56 Å². The molecule has 0 saturated carbocycles. The molecule has 0 amide bonds. The summed E-state index contributed by atoms with van der Waals surface area (Å²) < 4.78 is 13.8.